The Labute approximate surface area is 88.4 Å². The monoisotopic (exact) mass is 190 g/mol. The van der Waals surface area contributed by atoms with Crippen molar-refractivity contribution in [2.75, 3.05) is 0 Å². The second-order valence-electron chi connectivity index (χ2n) is 5.40. The van der Waals surface area contributed by atoms with Crippen LogP contribution >= 0.6 is 0 Å². The standard InChI is InChI=1S/C14H22/c1-12-7-9-13(10-8-12)6-5-11-14(2,3)4/h7-10H,5-6,11H2,1-4H3. The van der Waals surface area contributed by atoms with E-state index in [2.05, 4.69) is 52.0 Å². The van der Waals surface area contributed by atoms with Crippen LogP contribution in [0.4, 0.5) is 0 Å². The molecule has 0 unspecified atom stereocenters. The molecule has 1 rings (SSSR count). The number of rotatable bonds is 3. The third kappa shape index (κ3) is 4.45. The van der Waals surface area contributed by atoms with Crippen molar-refractivity contribution in [3.05, 3.63) is 35.4 Å². The van der Waals surface area contributed by atoms with Crippen LogP contribution in [0.3, 0.4) is 0 Å². The summed E-state index contributed by atoms with van der Waals surface area (Å²) in [5.41, 5.74) is 3.30. The molecule has 0 saturated heterocycles. The summed E-state index contributed by atoms with van der Waals surface area (Å²) in [6.07, 6.45) is 3.82. The molecule has 0 amide bonds. The van der Waals surface area contributed by atoms with Crippen molar-refractivity contribution in [3.8, 4) is 0 Å². The third-order valence-electron chi connectivity index (χ3n) is 2.51. The first-order valence-corrected chi connectivity index (χ1v) is 5.53. The average molecular weight is 190 g/mol. The number of aryl methyl sites for hydroxylation is 2. The van der Waals surface area contributed by atoms with Crippen molar-refractivity contribution in [3.63, 3.8) is 0 Å². The molecule has 0 N–H and O–H groups in total. The summed E-state index contributed by atoms with van der Waals surface area (Å²) in [4.78, 5) is 0. The van der Waals surface area contributed by atoms with E-state index in [-0.39, 0.29) is 0 Å². The smallest absolute Gasteiger partial charge is 0.0279 e. The van der Waals surface area contributed by atoms with Crippen molar-refractivity contribution in [2.24, 2.45) is 5.41 Å². The highest BCUT2D eigenvalue weighted by Gasteiger charge is 2.08. The van der Waals surface area contributed by atoms with Crippen molar-refractivity contribution >= 4 is 0 Å². The van der Waals surface area contributed by atoms with Gasteiger partial charge in [-0.1, -0.05) is 50.6 Å². The van der Waals surface area contributed by atoms with Crippen LogP contribution in [0.2, 0.25) is 0 Å². The fourth-order valence-corrected chi connectivity index (χ4v) is 1.58. The van der Waals surface area contributed by atoms with Gasteiger partial charge in [-0.15, -0.1) is 0 Å². The minimum absolute atomic E-state index is 0.477. The quantitative estimate of drug-likeness (QED) is 0.664. The number of hydrogen-bond donors (Lipinski definition) is 0. The van der Waals surface area contributed by atoms with E-state index in [1.165, 1.54) is 30.4 Å². The van der Waals surface area contributed by atoms with Gasteiger partial charge in [0.25, 0.3) is 0 Å². The highest BCUT2D eigenvalue weighted by atomic mass is 14.1. The van der Waals surface area contributed by atoms with E-state index in [4.69, 9.17) is 0 Å². The van der Waals surface area contributed by atoms with Gasteiger partial charge < -0.3 is 0 Å². The van der Waals surface area contributed by atoms with Crippen LogP contribution < -0.4 is 0 Å². The molecule has 0 heteroatoms. The Morgan fingerprint density at radius 2 is 1.57 bits per heavy atom. The maximum absolute atomic E-state index is 2.31. The first kappa shape index (κ1) is 11.3. The number of hydrogen-bond acceptors (Lipinski definition) is 0. The fourth-order valence-electron chi connectivity index (χ4n) is 1.58. The van der Waals surface area contributed by atoms with Crippen LogP contribution in [0.25, 0.3) is 0 Å². The van der Waals surface area contributed by atoms with E-state index in [1.54, 1.807) is 0 Å². The molecule has 0 heterocycles. The first-order valence-electron chi connectivity index (χ1n) is 5.53. The largest absolute Gasteiger partial charge is 0.0602 e. The van der Waals surface area contributed by atoms with E-state index in [9.17, 15) is 0 Å². The molecular weight excluding hydrogens is 168 g/mol. The predicted octanol–water partition coefficient (Wildman–Crippen LogP) is 4.36. The summed E-state index contributed by atoms with van der Waals surface area (Å²) < 4.78 is 0. The molecular formula is C14H22. The minimum Gasteiger partial charge on any atom is -0.0602 e. The lowest BCUT2D eigenvalue weighted by atomic mass is 9.89. The second-order valence-corrected chi connectivity index (χ2v) is 5.40. The molecule has 0 radical (unpaired) electrons. The molecule has 14 heavy (non-hydrogen) atoms. The van der Waals surface area contributed by atoms with Gasteiger partial charge in [-0.25, -0.2) is 0 Å². The van der Waals surface area contributed by atoms with Crippen molar-refractivity contribution < 1.29 is 0 Å². The zero-order valence-electron chi connectivity index (χ0n) is 9.93. The molecule has 0 atom stereocenters. The van der Waals surface area contributed by atoms with E-state index in [1.807, 2.05) is 0 Å². The Morgan fingerprint density at radius 3 is 2.07 bits per heavy atom. The topological polar surface area (TPSA) is 0 Å². The van der Waals surface area contributed by atoms with Crippen molar-refractivity contribution in [1.29, 1.82) is 0 Å². The molecule has 0 aliphatic carbocycles. The molecule has 0 aliphatic rings. The van der Waals surface area contributed by atoms with Gasteiger partial charge in [-0.3, -0.25) is 0 Å². The minimum atomic E-state index is 0.477. The Kier molecular flexibility index (Phi) is 3.74. The second kappa shape index (κ2) is 4.63. The Morgan fingerprint density at radius 1 is 1.00 bits per heavy atom. The highest BCUT2D eigenvalue weighted by molar-refractivity contribution is 5.21. The third-order valence-corrected chi connectivity index (χ3v) is 2.51. The zero-order valence-corrected chi connectivity index (χ0v) is 9.93. The van der Waals surface area contributed by atoms with Gasteiger partial charge in [0, 0.05) is 0 Å². The molecule has 0 saturated carbocycles. The normalized spacial score (nSPS) is 11.7. The highest BCUT2D eigenvalue weighted by Crippen LogP contribution is 2.21. The summed E-state index contributed by atoms with van der Waals surface area (Å²) in [5.74, 6) is 0. The molecule has 0 aliphatic heterocycles. The van der Waals surface area contributed by atoms with Gasteiger partial charge in [-0.05, 0) is 37.2 Å². The lowest BCUT2D eigenvalue weighted by Gasteiger charge is -2.17. The summed E-state index contributed by atoms with van der Waals surface area (Å²) in [5, 5.41) is 0. The molecule has 78 valence electrons. The first-order chi connectivity index (χ1) is 6.47. The molecule has 1 aromatic carbocycles. The van der Waals surface area contributed by atoms with E-state index in [0.717, 1.165) is 0 Å². The predicted molar refractivity (Wildman–Crippen MR) is 63.6 cm³/mol. The Hall–Kier alpha value is -0.780. The van der Waals surface area contributed by atoms with Crippen LogP contribution in [-0.4, -0.2) is 0 Å². The maximum Gasteiger partial charge on any atom is -0.0279 e. The lowest BCUT2D eigenvalue weighted by Crippen LogP contribution is -2.04. The Balaban J connectivity index is 2.35. The Bertz CT molecular complexity index is 261. The SMILES string of the molecule is Cc1ccc(CCCC(C)(C)C)cc1. The van der Waals surface area contributed by atoms with Gasteiger partial charge in [0.15, 0.2) is 0 Å². The number of benzene rings is 1. The van der Waals surface area contributed by atoms with E-state index >= 15 is 0 Å². The van der Waals surface area contributed by atoms with Crippen molar-refractivity contribution in [2.45, 2.75) is 47.0 Å². The summed E-state index contributed by atoms with van der Waals surface area (Å²) in [6.45, 7) is 9.06. The summed E-state index contributed by atoms with van der Waals surface area (Å²) >= 11 is 0. The molecule has 0 nitrogen and oxygen atoms in total. The van der Waals surface area contributed by atoms with Crippen LogP contribution in [-0.2, 0) is 6.42 Å². The average Bonchev–Trinajstić information content (AvgIpc) is 2.06. The van der Waals surface area contributed by atoms with Crippen LogP contribution in [0.15, 0.2) is 24.3 Å². The molecule has 0 fully saturated rings. The van der Waals surface area contributed by atoms with Crippen LogP contribution in [0.1, 0.15) is 44.7 Å². The maximum atomic E-state index is 2.31. The zero-order chi connectivity index (χ0) is 10.6. The van der Waals surface area contributed by atoms with Gasteiger partial charge in [-0.2, -0.15) is 0 Å². The molecule has 0 bridgehead atoms. The van der Waals surface area contributed by atoms with Gasteiger partial charge in [0.05, 0.1) is 0 Å². The van der Waals surface area contributed by atoms with Crippen molar-refractivity contribution in [1.82, 2.24) is 0 Å². The lowest BCUT2D eigenvalue weighted by molar-refractivity contribution is 0.365. The molecule has 0 spiro atoms. The summed E-state index contributed by atoms with van der Waals surface area (Å²) in [7, 11) is 0. The van der Waals surface area contributed by atoms with Gasteiger partial charge in [0.1, 0.15) is 0 Å². The summed E-state index contributed by atoms with van der Waals surface area (Å²) in [6, 6.07) is 8.90. The molecule has 1 aromatic rings. The van der Waals surface area contributed by atoms with E-state index in [0.29, 0.717) is 5.41 Å². The van der Waals surface area contributed by atoms with Gasteiger partial charge >= 0.3 is 0 Å². The molecule has 0 aromatic heterocycles. The fraction of sp³-hybridized carbons (Fsp3) is 0.571. The van der Waals surface area contributed by atoms with E-state index < -0.39 is 0 Å². The van der Waals surface area contributed by atoms with Gasteiger partial charge in [0.2, 0.25) is 0 Å². The van der Waals surface area contributed by atoms with Crippen LogP contribution in [0.5, 0.6) is 0 Å². The van der Waals surface area contributed by atoms with Crippen LogP contribution in [0, 0.1) is 12.3 Å².